The zero-order chi connectivity index (χ0) is 13.0. The summed E-state index contributed by atoms with van der Waals surface area (Å²) in [6, 6.07) is 4.89. The fourth-order valence-electron chi connectivity index (χ4n) is 1.50. The Morgan fingerprint density at radius 3 is 3.06 bits per heavy atom. The SMILES string of the molecule is COc1cc(Cl)ccc1C(=O)NCc1cn[nH]c1. The number of carbonyl (C=O) groups is 1. The number of amides is 1. The van der Waals surface area contributed by atoms with Crippen LogP contribution in [0.15, 0.2) is 30.6 Å². The van der Waals surface area contributed by atoms with Crippen molar-refractivity contribution in [2.24, 2.45) is 0 Å². The molecular weight excluding hydrogens is 254 g/mol. The van der Waals surface area contributed by atoms with Crippen LogP contribution in [0.3, 0.4) is 0 Å². The molecule has 0 unspecified atom stereocenters. The van der Waals surface area contributed by atoms with Gasteiger partial charge in [-0.3, -0.25) is 9.89 Å². The van der Waals surface area contributed by atoms with E-state index < -0.39 is 0 Å². The van der Waals surface area contributed by atoms with E-state index in [1.165, 1.54) is 7.11 Å². The molecule has 1 amide bonds. The molecule has 94 valence electrons. The zero-order valence-corrected chi connectivity index (χ0v) is 10.5. The minimum absolute atomic E-state index is 0.218. The van der Waals surface area contributed by atoms with Crippen LogP contribution in [0.2, 0.25) is 5.02 Å². The first kappa shape index (κ1) is 12.4. The Bertz CT molecular complexity index is 540. The van der Waals surface area contributed by atoms with Crippen molar-refractivity contribution in [2.45, 2.75) is 6.54 Å². The number of rotatable bonds is 4. The van der Waals surface area contributed by atoms with Crippen LogP contribution in [0.5, 0.6) is 5.75 Å². The molecule has 0 fully saturated rings. The van der Waals surface area contributed by atoms with Crippen LogP contribution in [-0.4, -0.2) is 23.2 Å². The minimum atomic E-state index is -0.218. The number of aromatic amines is 1. The first-order valence-corrected chi connectivity index (χ1v) is 5.68. The molecule has 0 aliphatic rings. The first-order chi connectivity index (χ1) is 8.70. The molecule has 0 aliphatic carbocycles. The third-order valence-corrected chi connectivity index (χ3v) is 2.65. The summed E-state index contributed by atoms with van der Waals surface area (Å²) >= 11 is 5.83. The molecule has 1 aromatic heterocycles. The molecular formula is C12H12ClN3O2. The van der Waals surface area contributed by atoms with Crippen molar-refractivity contribution in [3.8, 4) is 5.75 Å². The lowest BCUT2D eigenvalue weighted by molar-refractivity contribution is 0.0948. The maximum atomic E-state index is 12.0. The number of halogens is 1. The Morgan fingerprint density at radius 1 is 1.56 bits per heavy atom. The molecule has 1 aromatic carbocycles. The standard InChI is InChI=1S/C12H12ClN3O2/c1-18-11-4-9(13)2-3-10(11)12(17)14-5-8-6-15-16-7-8/h2-4,6-7H,5H2,1H3,(H,14,17)(H,15,16). The van der Waals surface area contributed by atoms with E-state index in [2.05, 4.69) is 15.5 Å². The van der Waals surface area contributed by atoms with Crippen LogP contribution in [0, 0.1) is 0 Å². The Hall–Kier alpha value is -2.01. The highest BCUT2D eigenvalue weighted by molar-refractivity contribution is 6.30. The molecule has 2 aromatic rings. The van der Waals surface area contributed by atoms with Gasteiger partial charge in [-0.2, -0.15) is 5.10 Å². The smallest absolute Gasteiger partial charge is 0.255 e. The van der Waals surface area contributed by atoms with Crippen LogP contribution < -0.4 is 10.1 Å². The number of ether oxygens (including phenoxy) is 1. The molecule has 0 spiro atoms. The molecule has 0 atom stereocenters. The van der Waals surface area contributed by atoms with Gasteiger partial charge in [0.05, 0.1) is 18.9 Å². The van der Waals surface area contributed by atoms with Crippen molar-refractivity contribution in [3.63, 3.8) is 0 Å². The highest BCUT2D eigenvalue weighted by Gasteiger charge is 2.12. The summed E-state index contributed by atoms with van der Waals surface area (Å²) in [5.74, 6) is 0.233. The highest BCUT2D eigenvalue weighted by Crippen LogP contribution is 2.22. The molecule has 0 radical (unpaired) electrons. The average Bonchev–Trinajstić information content (AvgIpc) is 2.88. The van der Waals surface area contributed by atoms with Crippen molar-refractivity contribution in [2.75, 3.05) is 7.11 Å². The second-order valence-electron chi connectivity index (χ2n) is 3.63. The Labute approximate surface area is 109 Å². The number of hydrogen-bond donors (Lipinski definition) is 2. The van der Waals surface area contributed by atoms with E-state index in [0.29, 0.717) is 22.9 Å². The highest BCUT2D eigenvalue weighted by atomic mass is 35.5. The second kappa shape index (κ2) is 5.55. The van der Waals surface area contributed by atoms with E-state index in [9.17, 15) is 4.79 Å². The molecule has 0 saturated heterocycles. The summed E-state index contributed by atoms with van der Waals surface area (Å²) in [6.07, 6.45) is 3.37. The minimum Gasteiger partial charge on any atom is -0.496 e. The lowest BCUT2D eigenvalue weighted by Gasteiger charge is -2.08. The topological polar surface area (TPSA) is 67.0 Å². The molecule has 0 aliphatic heterocycles. The quantitative estimate of drug-likeness (QED) is 0.889. The van der Waals surface area contributed by atoms with Gasteiger partial charge in [-0.05, 0) is 18.2 Å². The summed E-state index contributed by atoms with van der Waals surface area (Å²) in [7, 11) is 1.50. The maximum absolute atomic E-state index is 12.0. The van der Waals surface area contributed by atoms with Gasteiger partial charge in [-0.1, -0.05) is 11.6 Å². The van der Waals surface area contributed by atoms with Gasteiger partial charge in [0.1, 0.15) is 5.75 Å². The van der Waals surface area contributed by atoms with Crippen molar-refractivity contribution in [1.29, 1.82) is 0 Å². The van der Waals surface area contributed by atoms with Crippen LogP contribution in [0.1, 0.15) is 15.9 Å². The second-order valence-corrected chi connectivity index (χ2v) is 4.07. The molecule has 0 saturated carbocycles. The van der Waals surface area contributed by atoms with Gasteiger partial charge in [0.2, 0.25) is 0 Å². The summed E-state index contributed by atoms with van der Waals surface area (Å²) in [5.41, 5.74) is 1.35. The largest absolute Gasteiger partial charge is 0.496 e. The predicted molar refractivity (Wildman–Crippen MR) is 67.8 cm³/mol. The molecule has 6 heteroatoms. The number of aromatic nitrogens is 2. The summed E-state index contributed by atoms with van der Waals surface area (Å²) in [5, 5.41) is 9.78. The van der Waals surface area contributed by atoms with Crippen LogP contribution in [-0.2, 0) is 6.54 Å². The molecule has 0 bridgehead atoms. The first-order valence-electron chi connectivity index (χ1n) is 5.30. The zero-order valence-electron chi connectivity index (χ0n) is 9.74. The number of nitrogens with one attached hydrogen (secondary N) is 2. The normalized spacial score (nSPS) is 10.1. The molecule has 2 N–H and O–H groups in total. The fraction of sp³-hybridized carbons (Fsp3) is 0.167. The predicted octanol–water partition coefficient (Wildman–Crippen LogP) is 2.00. The lowest BCUT2D eigenvalue weighted by atomic mass is 10.2. The number of nitrogens with zero attached hydrogens (tertiary/aromatic N) is 1. The van der Waals surface area contributed by atoms with Crippen LogP contribution in [0.25, 0.3) is 0 Å². The molecule has 1 heterocycles. The van der Waals surface area contributed by atoms with Gasteiger partial charge in [-0.25, -0.2) is 0 Å². The number of benzene rings is 1. The fourth-order valence-corrected chi connectivity index (χ4v) is 1.67. The van der Waals surface area contributed by atoms with E-state index in [1.54, 1.807) is 30.6 Å². The van der Waals surface area contributed by atoms with Crippen molar-refractivity contribution < 1.29 is 9.53 Å². The van der Waals surface area contributed by atoms with E-state index in [0.717, 1.165) is 5.56 Å². The van der Waals surface area contributed by atoms with Gasteiger partial charge < -0.3 is 10.1 Å². The lowest BCUT2D eigenvalue weighted by Crippen LogP contribution is -2.23. The molecule has 18 heavy (non-hydrogen) atoms. The third kappa shape index (κ3) is 2.81. The van der Waals surface area contributed by atoms with E-state index >= 15 is 0 Å². The maximum Gasteiger partial charge on any atom is 0.255 e. The van der Waals surface area contributed by atoms with Crippen molar-refractivity contribution >= 4 is 17.5 Å². The van der Waals surface area contributed by atoms with Gasteiger partial charge in [-0.15, -0.1) is 0 Å². The van der Waals surface area contributed by atoms with E-state index in [4.69, 9.17) is 16.3 Å². The van der Waals surface area contributed by atoms with Gasteiger partial charge in [0.15, 0.2) is 0 Å². The van der Waals surface area contributed by atoms with Crippen LogP contribution in [0.4, 0.5) is 0 Å². The van der Waals surface area contributed by atoms with Gasteiger partial charge in [0.25, 0.3) is 5.91 Å². The number of H-pyrrole nitrogens is 1. The Morgan fingerprint density at radius 2 is 2.39 bits per heavy atom. The van der Waals surface area contributed by atoms with Crippen molar-refractivity contribution in [1.82, 2.24) is 15.5 Å². The van der Waals surface area contributed by atoms with Gasteiger partial charge in [0, 0.05) is 23.3 Å². The number of carbonyl (C=O) groups excluding carboxylic acids is 1. The third-order valence-electron chi connectivity index (χ3n) is 2.42. The van der Waals surface area contributed by atoms with Gasteiger partial charge >= 0.3 is 0 Å². The monoisotopic (exact) mass is 265 g/mol. The Kier molecular flexibility index (Phi) is 3.84. The summed E-state index contributed by atoms with van der Waals surface area (Å²) in [6.45, 7) is 0.404. The molecule has 2 rings (SSSR count). The average molecular weight is 266 g/mol. The molecule has 5 nitrogen and oxygen atoms in total. The summed E-state index contributed by atoms with van der Waals surface area (Å²) < 4.78 is 5.12. The number of hydrogen-bond acceptors (Lipinski definition) is 3. The summed E-state index contributed by atoms with van der Waals surface area (Å²) in [4.78, 5) is 12.0. The number of methoxy groups -OCH3 is 1. The van der Waals surface area contributed by atoms with E-state index in [1.807, 2.05) is 0 Å². The Balaban J connectivity index is 2.09. The van der Waals surface area contributed by atoms with Crippen molar-refractivity contribution in [3.05, 3.63) is 46.7 Å². The van der Waals surface area contributed by atoms with Crippen LogP contribution >= 0.6 is 11.6 Å². The van der Waals surface area contributed by atoms with E-state index in [-0.39, 0.29) is 5.91 Å².